The highest BCUT2D eigenvalue weighted by molar-refractivity contribution is 6.35. The fraction of sp³-hybridized carbons (Fsp3) is 0. The predicted octanol–water partition coefficient (Wildman–Crippen LogP) is 2.39. The number of anilines is 4. The normalized spacial score (nSPS) is 10.2. The minimum absolute atomic E-state index is 0.0890. The van der Waals surface area contributed by atoms with Gasteiger partial charge in [-0.3, -0.25) is 0 Å². The van der Waals surface area contributed by atoms with Crippen molar-refractivity contribution in [2.75, 3.05) is 16.5 Å². The molecule has 0 aliphatic heterocycles. The predicted molar refractivity (Wildman–Crippen MR) is 74.0 cm³/mol. The molecule has 0 amide bonds. The van der Waals surface area contributed by atoms with Gasteiger partial charge in [-0.2, -0.15) is 9.97 Å². The molecule has 0 aliphatic carbocycles. The van der Waals surface area contributed by atoms with E-state index in [-0.39, 0.29) is 5.95 Å². The number of nitrogens with one attached hydrogen (secondary N) is 2. The molecule has 0 fully saturated rings. The summed E-state index contributed by atoms with van der Waals surface area (Å²) in [6.07, 6.45) is 0. The average molecular weight is 285 g/mol. The molecule has 6 N–H and O–H groups in total. The average Bonchev–Trinajstić information content (AvgIpc) is 2.33. The molecule has 0 atom stereocenters. The number of hydrogen-bond donors (Lipinski definition) is 4. The van der Waals surface area contributed by atoms with E-state index < -0.39 is 0 Å². The van der Waals surface area contributed by atoms with Crippen LogP contribution in [0.3, 0.4) is 0 Å². The molecule has 0 saturated carbocycles. The second-order valence-corrected chi connectivity index (χ2v) is 4.23. The van der Waals surface area contributed by atoms with Crippen LogP contribution in [0.25, 0.3) is 0 Å². The van der Waals surface area contributed by atoms with Crippen LogP contribution in [-0.4, -0.2) is 9.97 Å². The first-order valence-electron chi connectivity index (χ1n) is 4.92. The van der Waals surface area contributed by atoms with Gasteiger partial charge in [0.05, 0.1) is 10.7 Å². The Balaban J connectivity index is 2.33. The van der Waals surface area contributed by atoms with Gasteiger partial charge in [-0.15, -0.1) is 0 Å². The largest absolute Gasteiger partial charge is 0.368 e. The van der Waals surface area contributed by atoms with Crippen LogP contribution in [0.1, 0.15) is 0 Å². The Kier molecular flexibility index (Phi) is 3.71. The molecule has 0 aliphatic rings. The van der Waals surface area contributed by atoms with Crippen LogP contribution < -0.4 is 22.3 Å². The molecule has 0 radical (unpaired) electrons. The number of nitrogens with two attached hydrogens (primary N) is 2. The molecule has 0 bridgehead atoms. The third kappa shape index (κ3) is 2.92. The van der Waals surface area contributed by atoms with Gasteiger partial charge >= 0.3 is 0 Å². The summed E-state index contributed by atoms with van der Waals surface area (Å²) in [6, 6.07) is 6.64. The number of halogens is 2. The molecule has 6 nitrogen and oxygen atoms in total. The zero-order valence-corrected chi connectivity index (χ0v) is 10.6. The molecular weight excluding hydrogens is 275 g/mol. The van der Waals surface area contributed by atoms with Crippen molar-refractivity contribution in [1.82, 2.24) is 9.97 Å². The van der Waals surface area contributed by atoms with Crippen LogP contribution in [0.5, 0.6) is 0 Å². The van der Waals surface area contributed by atoms with Crippen molar-refractivity contribution in [3.8, 4) is 0 Å². The van der Waals surface area contributed by atoms with Crippen LogP contribution in [-0.2, 0) is 0 Å². The van der Waals surface area contributed by atoms with E-state index in [1.54, 1.807) is 24.3 Å². The van der Waals surface area contributed by atoms with E-state index in [4.69, 9.17) is 34.8 Å². The summed E-state index contributed by atoms with van der Waals surface area (Å²) in [5.74, 6) is 6.20. The zero-order valence-electron chi connectivity index (χ0n) is 9.11. The Hall–Kier alpha value is -1.76. The van der Waals surface area contributed by atoms with E-state index in [9.17, 15) is 0 Å². The highest BCUT2D eigenvalue weighted by atomic mass is 35.5. The molecule has 1 heterocycles. The molecule has 2 aromatic rings. The summed E-state index contributed by atoms with van der Waals surface area (Å²) in [5.41, 5.74) is 8.55. The van der Waals surface area contributed by atoms with Crippen molar-refractivity contribution in [1.29, 1.82) is 0 Å². The lowest BCUT2D eigenvalue weighted by Gasteiger charge is -2.09. The molecule has 1 aromatic heterocycles. The van der Waals surface area contributed by atoms with E-state index in [0.717, 1.165) is 0 Å². The van der Waals surface area contributed by atoms with Crippen molar-refractivity contribution in [2.45, 2.75) is 0 Å². The summed E-state index contributed by atoms with van der Waals surface area (Å²) in [7, 11) is 0. The van der Waals surface area contributed by atoms with Gasteiger partial charge in [0, 0.05) is 11.1 Å². The van der Waals surface area contributed by atoms with Crippen molar-refractivity contribution in [2.24, 2.45) is 5.84 Å². The molecule has 1 aromatic carbocycles. The van der Waals surface area contributed by atoms with E-state index >= 15 is 0 Å². The van der Waals surface area contributed by atoms with Crippen molar-refractivity contribution in [3.05, 3.63) is 34.3 Å². The number of hydrogen-bond acceptors (Lipinski definition) is 6. The lowest BCUT2D eigenvalue weighted by molar-refractivity contribution is 1.15. The van der Waals surface area contributed by atoms with Crippen molar-refractivity contribution in [3.63, 3.8) is 0 Å². The first kappa shape index (κ1) is 12.7. The van der Waals surface area contributed by atoms with E-state index in [1.165, 1.54) is 0 Å². The Morgan fingerprint density at radius 2 is 1.78 bits per heavy atom. The van der Waals surface area contributed by atoms with Gasteiger partial charge < -0.3 is 16.5 Å². The molecule has 94 valence electrons. The smallest absolute Gasteiger partial charge is 0.223 e. The topological polar surface area (TPSA) is 102 Å². The highest BCUT2D eigenvalue weighted by Gasteiger charge is 2.05. The highest BCUT2D eigenvalue weighted by Crippen LogP contribution is 2.28. The van der Waals surface area contributed by atoms with Crippen LogP contribution in [0.15, 0.2) is 24.3 Å². The maximum atomic E-state index is 6.02. The van der Waals surface area contributed by atoms with Gasteiger partial charge in [0.1, 0.15) is 11.6 Å². The molecule has 0 saturated heterocycles. The minimum atomic E-state index is 0.0890. The van der Waals surface area contributed by atoms with Gasteiger partial charge in [-0.25, -0.2) is 5.84 Å². The van der Waals surface area contributed by atoms with E-state index in [2.05, 4.69) is 20.7 Å². The van der Waals surface area contributed by atoms with Crippen molar-refractivity contribution >= 4 is 46.5 Å². The van der Waals surface area contributed by atoms with Gasteiger partial charge in [-0.1, -0.05) is 23.2 Å². The summed E-state index contributed by atoms with van der Waals surface area (Å²) < 4.78 is 0. The van der Waals surface area contributed by atoms with Gasteiger partial charge in [0.15, 0.2) is 0 Å². The first-order chi connectivity index (χ1) is 8.58. The van der Waals surface area contributed by atoms with Crippen LogP contribution in [0.4, 0.5) is 23.3 Å². The molecule has 8 heteroatoms. The molecular formula is C10H10Cl2N6. The Morgan fingerprint density at radius 1 is 1.06 bits per heavy atom. The van der Waals surface area contributed by atoms with E-state index in [1.807, 2.05) is 0 Å². The quantitative estimate of drug-likeness (QED) is 0.510. The fourth-order valence-corrected chi connectivity index (χ4v) is 1.67. The first-order valence-corrected chi connectivity index (χ1v) is 5.67. The lowest BCUT2D eigenvalue weighted by atomic mass is 10.3. The van der Waals surface area contributed by atoms with Gasteiger partial charge in [-0.05, 0) is 18.2 Å². The Labute approximate surface area is 113 Å². The third-order valence-corrected chi connectivity index (χ3v) is 2.65. The van der Waals surface area contributed by atoms with Crippen LogP contribution >= 0.6 is 23.2 Å². The zero-order chi connectivity index (χ0) is 13.1. The summed E-state index contributed by atoms with van der Waals surface area (Å²) in [4.78, 5) is 7.87. The maximum absolute atomic E-state index is 6.02. The Bertz CT molecular complexity index is 574. The van der Waals surface area contributed by atoms with Gasteiger partial charge in [0.25, 0.3) is 0 Å². The number of aromatic nitrogens is 2. The molecule has 0 unspecified atom stereocenters. The number of benzene rings is 1. The molecule has 0 spiro atoms. The van der Waals surface area contributed by atoms with E-state index in [0.29, 0.717) is 27.4 Å². The molecule has 2 rings (SSSR count). The fourth-order valence-electron chi connectivity index (χ4n) is 1.34. The third-order valence-electron chi connectivity index (χ3n) is 2.08. The summed E-state index contributed by atoms with van der Waals surface area (Å²) in [5, 5.41) is 4.05. The summed E-state index contributed by atoms with van der Waals surface area (Å²) in [6.45, 7) is 0. The standard InChI is InChI=1S/C10H10Cl2N6/c11-5-1-2-6(12)7(3-5)15-8-4-9(18-14)17-10(13)16-8/h1-4H,14H2,(H4,13,15,16,17,18). The SMILES string of the molecule is NNc1cc(Nc2cc(Cl)ccc2Cl)nc(N)n1. The number of rotatable bonds is 3. The number of nitrogens with zero attached hydrogens (tertiary/aromatic N) is 2. The molecule has 18 heavy (non-hydrogen) atoms. The summed E-state index contributed by atoms with van der Waals surface area (Å²) >= 11 is 11.9. The van der Waals surface area contributed by atoms with Crippen molar-refractivity contribution < 1.29 is 0 Å². The van der Waals surface area contributed by atoms with Crippen LogP contribution in [0, 0.1) is 0 Å². The monoisotopic (exact) mass is 284 g/mol. The van der Waals surface area contributed by atoms with Crippen LogP contribution in [0.2, 0.25) is 10.0 Å². The number of hydrazine groups is 1. The van der Waals surface area contributed by atoms with Gasteiger partial charge in [0.2, 0.25) is 5.95 Å². The second kappa shape index (κ2) is 5.26. The maximum Gasteiger partial charge on any atom is 0.223 e. The second-order valence-electron chi connectivity index (χ2n) is 3.39. The minimum Gasteiger partial charge on any atom is -0.368 e. The lowest BCUT2D eigenvalue weighted by Crippen LogP contribution is -2.11. The Morgan fingerprint density at radius 3 is 2.50 bits per heavy atom. The number of nitrogen functional groups attached to an aromatic ring is 2.